The molecule has 2 rings (SSSR count). The van der Waals surface area contributed by atoms with E-state index in [1.807, 2.05) is 54.6 Å². The van der Waals surface area contributed by atoms with E-state index in [1.54, 1.807) is 14.2 Å². The van der Waals surface area contributed by atoms with Crippen LogP contribution < -0.4 is 4.74 Å². The molecule has 0 heterocycles. The third kappa shape index (κ3) is 5.61. The van der Waals surface area contributed by atoms with Gasteiger partial charge in [-0.1, -0.05) is 36.4 Å². The van der Waals surface area contributed by atoms with Gasteiger partial charge in [-0.2, -0.15) is 0 Å². The summed E-state index contributed by atoms with van der Waals surface area (Å²) in [4.78, 5) is 0. The highest BCUT2D eigenvalue weighted by atomic mass is 16.5. The number of methoxy groups -OCH3 is 2. The molecular weight excluding hydrogens is 212 g/mol. The molecule has 0 unspecified atom stereocenters. The Labute approximate surface area is 103 Å². The second kappa shape index (κ2) is 8.22. The number of para-hydroxylation sites is 1. The van der Waals surface area contributed by atoms with E-state index in [2.05, 4.69) is 6.08 Å². The molecular formula is C15H18O2. The van der Waals surface area contributed by atoms with Gasteiger partial charge in [0, 0.05) is 0 Å². The Morgan fingerprint density at radius 1 is 0.941 bits per heavy atom. The van der Waals surface area contributed by atoms with Gasteiger partial charge in [-0.3, -0.25) is 0 Å². The normalized spacial score (nSPS) is 12.9. The van der Waals surface area contributed by atoms with Crippen molar-refractivity contribution in [2.75, 3.05) is 14.2 Å². The van der Waals surface area contributed by atoms with Crippen molar-refractivity contribution in [3.63, 3.8) is 0 Å². The molecule has 0 N–H and O–H groups in total. The maximum Gasteiger partial charge on any atom is 0.118 e. The number of allylic oxidation sites excluding steroid dienone is 5. The fourth-order valence-corrected chi connectivity index (χ4v) is 1.27. The Hall–Kier alpha value is -1.96. The van der Waals surface area contributed by atoms with Gasteiger partial charge < -0.3 is 9.47 Å². The van der Waals surface area contributed by atoms with Crippen LogP contribution in [0.5, 0.6) is 5.75 Å². The largest absolute Gasteiger partial charge is 0.497 e. The summed E-state index contributed by atoms with van der Waals surface area (Å²) >= 11 is 0. The standard InChI is InChI=1S/C8H10O.C7H8O/c1-9-8-6-4-2-3-5-7-8;1-8-7-5-3-2-4-6-7/h2-4,6-7H,5H2,1H3;2-6H,1H3. The minimum absolute atomic E-state index is 0.910. The van der Waals surface area contributed by atoms with Crippen molar-refractivity contribution in [3.8, 4) is 5.75 Å². The molecule has 0 bridgehead atoms. The Bertz CT molecular complexity index is 389. The SMILES string of the molecule is COC1=CCC=CC=C1.COc1ccccc1. The quantitative estimate of drug-likeness (QED) is 0.770. The molecule has 0 spiro atoms. The summed E-state index contributed by atoms with van der Waals surface area (Å²) in [5.41, 5.74) is 0. The monoisotopic (exact) mass is 230 g/mol. The van der Waals surface area contributed by atoms with Crippen LogP contribution in [0.1, 0.15) is 6.42 Å². The second-order valence-electron chi connectivity index (χ2n) is 3.35. The average molecular weight is 230 g/mol. The predicted octanol–water partition coefficient (Wildman–Crippen LogP) is 3.73. The molecule has 0 fully saturated rings. The maximum absolute atomic E-state index is 5.01. The molecule has 0 saturated heterocycles. The minimum Gasteiger partial charge on any atom is -0.497 e. The van der Waals surface area contributed by atoms with Gasteiger partial charge in [0.2, 0.25) is 0 Å². The van der Waals surface area contributed by atoms with Gasteiger partial charge in [0.1, 0.15) is 11.5 Å². The summed E-state index contributed by atoms with van der Waals surface area (Å²) in [6.07, 6.45) is 11.0. The van der Waals surface area contributed by atoms with Crippen LogP contribution in [-0.2, 0) is 4.74 Å². The van der Waals surface area contributed by atoms with E-state index in [0.717, 1.165) is 17.9 Å². The topological polar surface area (TPSA) is 18.5 Å². The van der Waals surface area contributed by atoms with Crippen molar-refractivity contribution in [3.05, 3.63) is 66.5 Å². The lowest BCUT2D eigenvalue weighted by Gasteiger charge is -1.95. The van der Waals surface area contributed by atoms with Crippen molar-refractivity contribution >= 4 is 0 Å². The Morgan fingerprint density at radius 2 is 1.71 bits per heavy atom. The van der Waals surface area contributed by atoms with Crippen molar-refractivity contribution < 1.29 is 9.47 Å². The fraction of sp³-hybridized carbons (Fsp3) is 0.200. The number of hydrogen-bond acceptors (Lipinski definition) is 2. The number of benzene rings is 1. The second-order valence-corrected chi connectivity index (χ2v) is 3.35. The highest BCUT2D eigenvalue weighted by molar-refractivity contribution is 5.21. The van der Waals surface area contributed by atoms with E-state index in [1.165, 1.54) is 0 Å². The summed E-state index contributed by atoms with van der Waals surface area (Å²) in [6, 6.07) is 9.68. The summed E-state index contributed by atoms with van der Waals surface area (Å²) in [5.74, 6) is 1.85. The lowest BCUT2D eigenvalue weighted by Crippen LogP contribution is -1.78. The van der Waals surface area contributed by atoms with E-state index in [0.29, 0.717) is 0 Å². The molecule has 1 aliphatic carbocycles. The van der Waals surface area contributed by atoms with Crippen molar-refractivity contribution in [2.45, 2.75) is 6.42 Å². The van der Waals surface area contributed by atoms with Crippen molar-refractivity contribution in [1.82, 2.24) is 0 Å². The number of rotatable bonds is 2. The van der Waals surface area contributed by atoms with E-state index >= 15 is 0 Å². The number of ether oxygens (including phenoxy) is 2. The molecule has 0 aromatic heterocycles. The van der Waals surface area contributed by atoms with Gasteiger partial charge >= 0.3 is 0 Å². The van der Waals surface area contributed by atoms with Crippen LogP contribution in [0.25, 0.3) is 0 Å². The number of hydrogen-bond donors (Lipinski definition) is 0. The van der Waals surface area contributed by atoms with Crippen molar-refractivity contribution in [1.29, 1.82) is 0 Å². The van der Waals surface area contributed by atoms with Gasteiger partial charge in [-0.05, 0) is 30.7 Å². The zero-order chi connectivity index (χ0) is 12.3. The lowest BCUT2D eigenvalue weighted by atomic mass is 10.3. The average Bonchev–Trinajstić information content (AvgIpc) is 2.69. The van der Waals surface area contributed by atoms with Gasteiger partial charge in [-0.25, -0.2) is 0 Å². The minimum atomic E-state index is 0.910. The molecule has 0 amide bonds. The first-order valence-corrected chi connectivity index (χ1v) is 5.53. The first-order valence-electron chi connectivity index (χ1n) is 5.53. The lowest BCUT2D eigenvalue weighted by molar-refractivity contribution is 0.306. The highest BCUT2D eigenvalue weighted by Gasteiger charge is 1.87. The van der Waals surface area contributed by atoms with Crippen LogP contribution in [-0.4, -0.2) is 14.2 Å². The van der Waals surface area contributed by atoms with Crippen LogP contribution in [0.15, 0.2) is 66.5 Å². The molecule has 0 radical (unpaired) electrons. The molecule has 1 aromatic carbocycles. The fourth-order valence-electron chi connectivity index (χ4n) is 1.27. The molecule has 90 valence electrons. The maximum atomic E-state index is 5.01. The highest BCUT2D eigenvalue weighted by Crippen LogP contribution is 2.05. The molecule has 17 heavy (non-hydrogen) atoms. The Morgan fingerprint density at radius 3 is 2.29 bits per heavy atom. The van der Waals surface area contributed by atoms with Crippen LogP contribution in [0.3, 0.4) is 0 Å². The predicted molar refractivity (Wildman–Crippen MR) is 71.0 cm³/mol. The third-order valence-electron chi connectivity index (χ3n) is 2.18. The molecule has 1 aromatic rings. The zero-order valence-corrected chi connectivity index (χ0v) is 10.3. The van der Waals surface area contributed by atoms with Crippen LogP contribution in [0, 0.1) is 0 Å². The van der Waals surface area contributed by atoms with Crippen LogP contribution in [0.2, 0.25) is 0 Å². The van der Waals surface area contributed by atoms with E-state index in [-0.39, 0.29) is 0 Å². The Kier molecular flexibility index (Phi) is 6.34. The molecule has 1 aliphatic rings. The smallest absolute Gasteiger partial charge is 0.118 e. The van der Waals surface area contributed by atoms with Crippen molar-refractivity contribution in [2.24, 2.45) is 0 Å². The summed E-state index contributed by atoms with van der Waals surface area (Å²) in [7, 11) is 3.34. The van der Waals surface area contributed by atoms with Crippen LogP contribution in [0.4, 0.5) is 0 Å². The third-order valence-corrected chi connectivity index (χ3v) is 2.18. The van der Waals surface area contributed by atoms with Gasteiger partial charge in [0.05, 0.1) is 14.2 Å². The Balaban J connectivity index is 0.000000171. The summed E-state index contributed by atoms with van der Waals surface area (Å²) in [5, 5.41) is 0. The molecule has 2 nitrogen and oxygen atoms in total. The van der Waals surface area contributed by atoms with E-state index in [4.69, 9.17) is 9.47 Å². The van der Waals surface area contributed by atoms with Gasteiger partial charge in [0.15, 0.2) is 0 Å². The molecule has 0 saturated carbocycles. The molecule has 2 heteroatoms. The zero-order valence-electron chi connectivity index (χ0n) is 10.3. The summed E-state index contributed by atoms with van der Waals surface area (Å²) < 4.78 is 9.92. The van der Waals surface area contributed by atoms with E-state index < -0.39 is 0 Å². The molecule has 0 atom stereocenters. The van der Waals surface area contributed by atoms with Gasteiger partial charge in [-0.15, -0.1) is 0 Å². The summed E-state index contributed by atoms with van der Waals surface area (Å²) in [6.45, 7) is 0. The first-order chi connectivity index (χ1) is 8.36. The molecule has 0 aliphatic heterocycles. The van der Waals surface area contributed by atoms with Gasteiger partial charge in [0.25, 0.3) is 0 Å². The van der Waals surface area contributed by atoms with Crippen LogP contribution >= 0.6 is 0 Å². The van der Waals surface area contributed by atoms with E-state index in [9.17, 15) is 0 Å². The first kappa shape index (κ1) is 13.1.